The van der Waals surface area contributed by atoms with Crippen LogP contribution in [0.15, 0.2) is 35.3 Å². The SMILES string of the molecule is O=C(NCc1n[nH]c(=O)n1C1CC1)Nc1ccc(Cl)c2ncccc12. The fraction of sp³-hybridized carbons (Fsp3) is 0.250. The largest absolute Gasteiger partial charge is 0.343 e. The Morgan fingerprint density at radius 2 is 2.20 bits per heavy atom. The Morgan fingerprint density at radius 1 is 1.36 bits per heavy atom. The molecule has 25 heavy (non-hydrogen) atoms. The Bertz CT molecular complexity index is 1010. The highest BCUT2D eigenvalue weighted by Gasteiger charge is 2.28. The fourth-order valence-corrected chi connectivity index (χ4v) is 2.96. The summed E-state index contributed by atoms with van der Waals surface area (Å²) in [7, 11) is 0. The van der Waals surface area contributed by atoms with E-state index in [2.05, 4.69) is 25.8 Å². The summed E-state index contributed by atoms with van der Waals surface area (Å²) in [5, 5.41) is 13.2. The molecule has 128 valence electrons. The van der Waals surface area contributed by atoms with Crippen molar-refractivity contribution < 1.29 is 4.79 Å². The monoisotopic (exact) mass is 358 g/mol. The van der Waals surface area contributed by atoms with Crippen LogP contribution in [0.5, 0.6) is 0 Å². The first-order chi connectivity index (χ1) is 12.1. The number of amides is 2. The molecule has 4 rings (SSSR count). The predicted octanol–water partition coefficient (Wildman–Crippen LogP) is 2.43. The van der Waals surface area contributed by atoms with Gasteiger partial charge < -0.3 is 10.6 Å². The van der Waals surface area contributed by atoms with Crippen LogP contribution in [-0.2, 0) is 6.54 Å². The number of carbonyl (C=O) groups is 1. The van der Waals surface area contributed by atoms with Crippen molar-refractivity contribution in [3.63, 3.8) is 0 Å². The van der Waals surface area contributed by atoms with Gasteiger partial charge in [0.05, 0.1) is 22.8 Å². The first-order valence-electron chi connectivity index (χ1n) is 7.87. The van der Waals surface area contributed by atoms with Crippen molar-refractivity contribution in [2.75, 3.05) is 5.32 Å². The van der Waals surface area contributed by atoms with Gasteiger partial charge in [-0.3, -0.25) is 9.55 Å². The number of pyridine rings is 1. The molecule has 2 amide bonds. The molecule has 1 saturated carbocycles. The van der Waals surface area contributed by atoms with Crippen molar-refractivity contribution in [3.8, 4) is 0 Å². The van der Waals surface area contributed by atoms with Crippen LogP contribution in [0.25, 0.3) is 10.9 Å². The van der Waals surface area contributed by atoms with Crippen molar-refractivity contribution in [2.45, 2.75) is 25.4 Å². The number of aromatic amines is 1. The van der Waals surface area contributed by atoms with Gasteiger partial charge in [-0.2, -0.15) is 5.10 Å². The molecule has 3 aromatic rings. The van der Waals surface area contributed by atoms with E-state index in [4.69, 9.17) is 11.6 Å². The zero-order valence-corrected chi connectivity index (χ0v) is 13.9. The molecule has 0 atom stereocenters. The summed E-state index contributed by atoms with van der Waals surface area (Å²) in [4.78, 5) is 28.2. The highest BCUT2D eigenvalue weighted by molar-refractivity contribution is 6.35. The molecular weight excluding hydrogens is 344 g/mol. The smallest absolute Gasteiger partial charge is 0.331 e. The molecule has 8 nitrogen and oxygen atoms in total. The summed E-state index contributed by atoms with van der Waals surface area (Å²) in [6, 6.07) is 6.82. The van der Waals surface area contributed by atoms with Crippen LogP contribution in [-0.4, -0.2) is 25.8 Å². The summed E-state index contributed by atoms with van der Waals surface area (Å²) in [5.74, 6) is 0.519. The van der Waals surface area contributed by atoms with Crippen molar-refractivity contribution in [2.24, 2.45) is 0 Å². The average molecular weight is 359 g/mol. The quantitative estimate of drug-likeness (QED) is 0.666. The molecule has 0 saturated heterocycles. The minimum Gasteiger partial charge on any atom is -0.331 e. The van der Waals surface area contributed by atoms with Gasteiger partial charge in [-0.25, -0.2) is 14.7 Å². The van der Waals surface area contributed by atoms with Gasteiger partial charge >= 0.3 is 11.7 Å². The highest BCUT2D eigenvalue weighted by Crippen LogP contribution is 2.34. The number of nitrogens with one attached hydrogen (secondary N) is 3. The van der Waals surface area contributed by atoms with Crippen LogP contribution >= 0.6 is 11.6 Å². The van der Waals surface area contributed by atoms with E-state index in [-0.39, 0.29) is 18.3 Å². The average Bonchev–Trinajstić information content (AvgIpc) is 3.38. The molecule has 0 bridgehead atoms. The van der Waals surface area contributed by atoms with Crippen LogP contribution in [0.1, 0.15) is 24.7 Å². The van der Waals surface area contributed by atoms with Crippen LogP contribution in [0.2, 0.25) is 5.02 Å². The molecule has 0 unspecified atom stereocenters. The summed E-state index contributed by atoms with van der Waals surface area (Å²) >= 11 is 6.13. The summed E-state index contributed by atoms with van der Waals surface area (Å²) in [6.07, 6.45) is 3.57. The number of benzene rings is 1. The van der Waals surface area contributed by atoms with Gasteiger partial charge in [-0.15, -0.1) is 0 Å². The van der Waals surface area contributed by atoms with Gasteiger partial charge in [0.25, 0.3) is 0 Å². The number of hydrogen-bond acceptors (Lipinski definition) is 4. The minimum atomic E-state index is -0.398. The number of nitrogens with zero attached hydrogens (tertiary/aromatic N) is 3. The molecule has 2 heterocycles. The molecule has 0 aliphatic heterocycles. The van der Waals surface area contributed by atoms with E-state index in [9.17, 15) is 9.59 Å². The van der Waals surface area contributed by atoms with Crippen molar-refractivity contribution in [1.82, 2.24) is 25.1 Å². The number of H-pyrrole nitrogens is 1. The lowest BCUT2D eigenvalue weighted by Crippen LogP contribution is -2.30. The van der Waals surface area contributed by atoms with Crippen LogP contribution in [0, 0.1) is 0 Å². The minimum absolute atomic E-state index is 0.158. The zero-order chi connectivity index (χ0) is 17.4. The molecule has 1 aliphatic rings. The van der Waals surface area contributed by atoms with E-state index < -0.39 is 6.03 Å². The Morgan fingerprint density at radius 3 is 3.00 bits per heavy atom. The Kier molecular flexibility index (Phi) is 3.89. The van der Waals surface area contributed by atoms with Crippen molar-refractivity contribution >= 4 is 34.2 Å². The second-order valence-corrected chi connectivity index (χ2v) is 6.26. The van der Waals surface area contributed by atoms with Crippen LogP contribution in [0.4, 0.5) is 10.5 Å². The third-order valence-electron chi connectivity index (χ3n) is 4.07. The lowest BCUT2D eigenvalue weighted by molar-refractivity contribution is 0.251. The first kappa shape index (κ1) is 15.6. The van der Waals surface area contributed by atoms with E-state index in [0.29, 0.717) is 22.1 Å². The molecule has 1 fully saturated rings. The van der Waals surface area contributed by atoms with E-state index in [1.165, 1.54) is 0 Å². The third kappa shape index (κ3) is 3.08. The summed E-state index contributed by atoms with van der Waals surface area (Å²) < 4.78 is 1.60. The Balaban J connectivity index is 1.48. The number of aromatic nitrogens is 4. The van der Waals surface area contributed by atoms with Gasteiger partial charge in [0.15, 0.2) is 5.82 Å². The number of urea groups is 1. The van der Waals surface area contributed by atoms with E-state index >= 15 is 0 Å². The summed E-state index contributed by atoms with van der Waals surface area (Å²) in [6.45, 7) is 0.158. The van der Waals surface area contributed by atoms with E-state index in [0.717, 1.165) is 18.2 Å². The maximum absolute atomic E-state index is 12.2. The van der Waals surface area contributed by atoms with Gasteiger partial charge in [-0.1, -0.05) is 11.6 Å². The van der Waals surface area contributed by atoms with Crippen LogP contribution in [0.3, 0.4) is 0 Å². The second kappa shape index (κ2) is 6.21. The highest BCUT2D eigenvalue weighted by atomic mass is 35.5. The number of anilines is 1. The normalized spacial score (nSPS) is 13.8. The first-order valence-corrected chi connectivity index (χ1v) is 8.25. The van der Waals surface area contributed by atoms with Crippen LogP contribution < -0.4 is 16.3 Å². The maximum atomic E-state index is 12.2. The van der Waals surface area contributed by atoms with E-state index in [1.54, 1.807) is 29.0 Å². The summed E-state index contributed by atoms with van der Waals surface area (Å²) in [5.41, 5.74) is 0.984. The number of halogens is 1. The molecule has 0 spiro atoms. The number of carbonyl (C=O) groups excluding carboxylic acids is 1. The molecule has 2 aromatic heterocycles. The molecule has 1 aliphatic carbocycles. The second-order valence-electron chi connectivity index (χ2n) is 5.85. The topological polar surface area (TPSA) is 105 Å². The number of fused-ring (bicyclic) bond motifs is 1. The Hall–Kier alpha value is -2.87. The Labute approximate surface area is 147 Å². The molecule has 3 N–H and O–H groups in total. The van der Waals surface area contributed by atoms with Crippen molar-refractivity contribution in [1.29, 1.82) is 0 Å². The zero-order valence-electron chi connectivity index (χ0n) is 13.1. The molecular formula is C16H15ClN6O2. The van der Waals surface area contributed by atoms with Gasteiger partial charge in [0.2, 0.25) is 0 Å². The maximum Gasteiger partial charge on any atom is 0.343 e. The third-order valence-corrected chi connectivity index (χ3v) is 4.37. The molecule has 9 heteroatoms. The van der Waals surface area contributed by atoms with Crippen molar-refractivity contribution in [3.05, 3.63) is 51.8 Å². The number of rotatable bonds is 4. The molecule has 1 aromatic carbocycles. The fourth-order valence-electron chi connectivity index (χ4n) is 2.74. The van der Waals surface area contributed by atoms with Gasteiger partial charge in [0, 0.05) is 17.6 Å². The van der Waals surface area contributed by atoms with Gasteiger partial charge in [0.1, 0.15) is 0 Å². The van der Waals surface area contributed by atoms with Gasteiger partial charge in [-0.05, 0) is 37.1 Å². The van der Waals surface area contributed by atoms with E-state index in [1.807, 2.05) is 6.07 Å². The lowest BCUT2D eigenvalue weighted by atomic mass is 10.2. The predicted molar refractivity (Wildman–Crippen MR) is 93.7 cm³/mol. The molecule has 0 radical (unpaired) electrons. The standard InChI is InChI=1S/C16H15ClN6O2/c17-11-5-6-12(10-2-1-7-18-14(10)11)20-15(24)19-8-13-21-22-16(25)23(13)9-3-4-9/h1-2,5-7,9H,3-4,8H2,(H,22,25)(H2,19,20,24). The lowest BCUT2D eigenvalue weighted by Gasteiger charge is -2.10. The number of hydrogen-bond donors (Lipinski definition) is 3.